The molecule has 16 heavy (non-hydrogen) atoms. The molecule has 0 aromatic carbocycles. The lowest BCUT2D eigenvalue weighted by molar-refractivity contribution is 0.0161. The molecule has 1 saturated heterocycles. The number of nitrogens with zero attached hydrogens (tertiary/aromatic N) is 1. The van der Waals surface area contributed by atoms with Crippen LogP contribution in [0.2, 0.25) is 0 Å². The lowest BCUT2D eigenvalue weighted by Crippen LogP contribution is -2.65. The van der Waals surface area contributed by atoms with Gasteiger partial charge >= 0.3 is 0 Å². The molecule has 3 nitrogen and oxygen atoms in total. The highest BCUT2D eigenvalue weighted by atomic mass is 16.5. The van der Waals surface area contributed by atoms with E-state index in [1.807, 2.05) is 0 Å². The number of hydrogen-bond donors (Lipinski definition) is 1. The molecular weight excluding hydrogens is 200 g/mol. The molecule has 0 bridgehead atoms. The summed E-state index contributed by atoms with van der Waals surface area (Å²) in [4.78, 5) is 2.57. The SMILES string of the molecule is COCCN1CC(C)(C)NCC1C(C)(C)C. The van der Waals surface area contributed by atoms with Gasteiger partial charge in [-0.1, -0.05) is 20.8 Å². The Morgan fingerprint density at radius 1 is 1.38 bits per heavy atom. The van der Waals surface area contributed by atoms with Gasteiger partial charge in [-0.25, -0.2) is 0 Å². The van der Waals surface area contributed by atoms with E-state index in [9.17, 15) is 0 Å². The Hall–Kier alpha value is -0.120. The number of hydrogen-bond acceptors (Lipinski definition) is 3. The molecule has 1 unspecified atom stereocenters. The predicted octanol–water partition coefficient (Wildman–Crippen LogP) is 1.73. The van der Waals surface area contributed by atoms with Crippen molar-refractivity contribution >= 4 is 0 Å². The van der Waals surface area contributed by atoms with Gasteiger partial charge in [-0.2, -0.15) is 0 Å². The minimum absolute atomic E-state index is 0.218. The van der Waals surface area contributed by atoms with Gasteiger partial charge in [0.25, 0.3) is 0 Å². The Kier molecular flexibility index (Phi) is 4.38. The average molecular weight is 228 g/mol. The van der Waals surface area contributed by atoms with Crippen LogP contribution in [0.1, 0.15) is 34.6 Å². The monoisotopic (exact) mass is 228 g/mol. The van der Waals surface area contributed by atoms with Gasteiger partial charge in [0.15, 0.2) is 0 Å². The van der Waals surface area contributed by atoms with Crippen molar-refractivity contribution in [1.82, 2.24) is 10.2 Å². The summed E-state index contributed by atoms with van der Waals surface area (Å²) in [7, 11) is 1.78. The Bertz CT molecular complexity index is 220. The molecule has 0 radical (unpaired) electrons. The fourth-order valence-corrected chi connectivity index (χ4v) is 2.47. The van der Waals surface area contributed by atoms with Crippen molar-refractivity contribution in [2.75, 3.05) is 33.4 Å². The summed E-state index contributed by atoms with van der Waals surface area (Å²) in [6, 6.07) is 0.593. The van der Waals surface area contributed by atoms with Crippen LogP contribution in [0.3, 0.4) is 0 Å². The van der Waals surface area contributed by atoms with Crippen LogP contribution in [-0.2, 0) is 4.74 Å². The molecule has 0 amide bonds. The van der Waals surface area contributed by atoms with Crippen LogP contribution in [0.5, 0.6) is 0 Å². The second-order valence-electron chi connectivity index (χ2n) is 6.61. The van der Waals surface area contributed by atoms with Crippen LogP contribution < -0.4 is 5.32 Å². The molecule has 1 aliphatic heterocycles. The molecule has 1 N–H and O–H groups in total. The van der Waals surface area contributed by atoms with E-state index < -0.39 is 0 Å². The van der Waals surface area contributed by atoms with Gasteiger partial charge in [-0.15, -0.1) is 0 Å². The zero-order chi connectivity index (χ0) is 12.4. The van der Waals surface area contributed by atoms with Gasteiger partial charge in [0, 0.05) is 38.3 Å². The van der Waals surface area contributed by atoms with Gasteiger partial charge in [0.05, 0.1) is 6.61 Å². The molecule has 1 rings (SSSR count). The van der Waals surface area contributed by atoms with Crippen molar-refractivity contribution < 1.29 is 4.74 Å². The normalized spacial score (nSPS) is 27.0. The summed E-state index contributed by atoms with van der Waals surface area (Å²) in [5.41, 5.74) is 0.534. The van der Waals surface area contributed by atoms with E-state index in [-0.39, 0.29) is 5.54 Å². The summed E-state index contributed by atoms with van der Waals surface area (Å²) in [5.74, 6) is 0. The summed E-state index contributed by atoms with van der Waals surface area (Å²) in [6.45, 7) is 15.5. The molecule has 1 atom stereocenters. The Morgan fingerprint density at radius 2 is 2.00 bits per heavy atom. The third-order valence-corrected chi connectivity index (χ3v) is 3.40. The minimum Gasteiger partial charge on any atom is -0.383 e. The third-order valence-electron chi connectivity index (χ3n) is 3.40. The summed E-state index contributed by atoms with van der Waals surface area (Å²) >= 11 is 0. The van der Waals surface area contributed by atoms with Crippen LogP contribution in [-0.4, -0.2) is 49.8 Å². The van der Waals surface area contributed by atoms with Gasteiger partial charge in [-0.05, 0) is 19.3 Å². The lowest BCUT2D eigenvalue weighted by Gasteiger charge is -2.49. The van der Waals surface area contributed by atoms with E-state index in [4.69, 9.17) is 4.74 Å². The Labute approximate surface area is 101 Å². The van der Waals surface area contributed by atoms with E-state index in [1.165, 1.54) is 0 Å². The van der Waals surface area contributed by atoms with Gasteiger partial charge < -0.3 is 10.1 Å². The summed E-state index contributed by atoms with van der Waals surface area (Å²) < 4.78 is 5.21. The van der Waals surface area contributed by atoms with Crippen LogP contribution in [0, 0.1) is 5.41 Å². The molecule has 0 saturated carbocycles. The molecule has 3 heteroatoms. The van der Waals surface area contributed by atoms with Crippen molar-refractivity contribution in [2.24, 2.45) is 5.41 Å². The molecule has 0 aromatic heterocycles. The zero-order valence-corrected chi connectivity index (χ0v) is 11.8. The fraction of sp³-hybridized carbons (Fsp3) is 1.00. The fourth-order valence-electron chi connectivity index (χ4n) is 2.47. The second-order valence-corrected chi connectivity index (χ2v) is 6.61. The molecule has 1 heterocycles. The number of piperazine rings is 1. The van der Waals surface area contributed by atoms with Gasteiger partial charge in [-0.3, -0.25) is 4.90 Å². The van der Waals surface area contributed by atoms with Crippen molar-refractivity contribution in [3.05, 3.63) is 0 Å². The molecule has 1 aliphatic rings. The maximum atomic E-state index is 5.21. The molecule has 0 aliphatic carbocycles. The summed E-state index contributed by atoms with van der Waals surface area (Å²) in [6.07, 6.45) is 0. The van der Waals surface area contributed by atoms with Crippen molar-refractivity contribution in [3.8, 4) is 0 Å². The lowest BCUT2D eigenvalue weighted by atomic mass is 9.82. The average Bonchev–Trinajstić information content (AvgIpc) is 2.11. The maximum Gasteiger partial charge on any atom is 0.0589 e. The number of rotatable bonds is 3. The smallest absolute Gasteiger partial charge is 0.0589 e. The maximum absolute atomic E-state index is 5.21. The standard InChI is InChI=1S/C13H28N2O/c1-12(2,3)11-9-14-13(4,5)10-15(11)7-8-16-6/h11,14H,7-10H2,1-6H3. The molecule has 0 aromatic rings. The molecular formula is C13H28N2O. The van der Waals surface area contributed by atoms with Gasteiger partial charge in [0.2, 0.25) is 0 Å². The zero-order valence-electron chi connectivity index (χ0n) is 11.8. The van der Waals surface area contributed by atoms with Crippen LogP contribution >= 0.6 is 0 Å². The third kappa shape index (κ3) is 3.72. The topological polar surface area (TPSA) is 24.5 Å². The quantitative estimate of drug-likeness (QED) is 0.796. The van der Waals surface area contributed by atoms with E-state index >= 15 is 0 Å². The number of methoxy groups -OCH3 is 1. The highest BCUT2D eigenvalue weighted by Crippen LogP contribution is 2.28. The van der Waals surface area contributed by atoms with Crippen LogP contribution in [0.15, 0.2) is 0 Å². The molecule has 96 valence electrons. The van der Waals surface area contributed by atoms with Gasteiger partial charge in [0.1, 0.15) is 0 Å². The van der Waals surface area contributed by atoms with Crippen molar-refractivity contribution in [2.45, 2.75) is 46.2 Å². The van der Waals surface area contributed by atoms with E-state index in [0.717, 1.165) is 26.2 Å². The first-order valence-corrected chi connectivity index (χ1v) is 6.24. The highest BCUT2D eigenvalue weighted by Gasteiger charge is 2.37. The first kappa shape index (κ1) is 13.9. The Morgan fingerprint density at radius 3 is 2.50 bits per heavy atom. The largest absolute Gasteiger partial charge is 0.383 e. The minimum atomic E-state index is 0.218. The highest BCUT2D eigenvalue weighted by molar-refractivity contribution is 4.96. The molecule has 1 fully saturated rings. The van der Waals surface area contributed by atoms with Crippen molar-refractivity contribution in [3.63, 3.8) is 0 Å². The van der Waals surface area contributed by atoms with E-state index in [0.29, 0.717) is 11.5 Å². The Balaban J connectivity index is 2.68. The first-order chi connectivity index (χ1) is 7.26. The number of ether oxygens (including phenoxy) is 1. The first-order valence-electron chi connectivity index (χ1n) is 6.24. The van der Waals surface area contributed by atoms with Crippen molar-refractivity contribution in [1.29, 1.82) is 0 Å². The number of nitrogens with one attached hydrogen (secondary N) is 1. The second kappa shape index (κ2) is 5.03. The summed E-state index contributed by atoms with van der Waals surface area (Å²) in [5, 5.41) is 3.64. The van der Waals surface area contributed by atoms with E-state index in [2.05, 4.69) is 44.8 Å². The van der Waals surface area contributed by atoms with Crippen LogP contribution in [0.4, 0.5) is 0 Å². The van der Waals surface area contributed by atoms with Crippen LogP contribution in [0.25, 0.3) is 0 Å². The molecule has 0 spiro atoms. The predicted molar refractivity (Wildman–Crippen MR) is 68.8 cm³/mol. The van der Waals surface area contributed by atoms with E-state index in [1.54, 1.807) is 7.11 Å².